The zero-order chi connectivity index (χ0) is 8.39. The van der Waals surface area contributed by atoms with Gasteiger partial charge >= 0.3 is 0 Å². The second-order valence-corrected chi connectivity index (χ2v) is 3.45. The largest absolute Gasteiger partial charge is 0.319 e. The molecule has 1 N–H and O–H groups in total. The van der Waals surface area contributed by atoms with E-state index >= 15 is 0 Å². The Kier molecular flexibility index (Phi) is 2.01. The fourth-order valence-corrected chi connectivity index (χ4v) is 1.75. The summed E-state index contributed by atoms with van der Waals surface area (Å²) in [4.78, 5) is 0.862. The van der Waals surface area contributed by atoms with Crippen molar-refractivity contribution in [1.82, 2.24) is 25.1 Å². The van der Waals surface area contributed by atoms with E-state index in [0.717, 1.165) is 22.9 Å². The lowest BCUT2D eigenvalue weighted by atomic mass is 10.4. The number of nitrogens with zero attached hydrogens (tertiary/aromatic N) is 4. The Morgan fingerprint density at radius 1 is 1.67 bits per heavy atom. The quantitative estimate of drug-likeness (QED) is 0.724. The molecule has 0 atom stereocenters. The number of fused-ring (bicyclic) bond motifs is 1. The van der Waals surface area contributed by atoms with E-state index in [1.807, 2.05) is 7.05 Å². The van der Waals surface area contributed by atoms with E-state index in [2.05, 4.69) is 20.6 Å². The van der Waals surface area contributed by atoms with Crippen LogP contribution in [0.3, 0.4) is 0 Å². The minimum absolute atomic E-state index is 0.862. The Labute approximate surface area is 73.4 Å². The van der Waals surface area contributed by atoms with Gasteiger partial charge in [0.25, 0.3) is 0 Å². The number of hydrogen-bond donors (Lipinski definition) is 1. The van der Waals surface area contributed by atoms with Crippen molar-refractivity contribution in [2.24, 2.45) is 0 Å². The first-order valence-electron chi connectivity index (χ1n) is 3.70. The van der Waals surface area contributed by atoms with Crippen LogP contribution in [0.5, 0.6) is 0 Å². The topological polar surface area (TPSA) is 55.1 Å². The summed E-state index contributed by atoms with van der Waals surface area (Å²) < 4.78 is 1.70. The molecule has 0 saturated carbocycles. The fraction of sp³-hybridized carbons (Fsp3) is 0.500. The molecule has 0 aliphatic rings. The third-order valence-corrected chi connectivity index (χ3v) is 2.49. The minimum Gasteiger partial charge on any atom is -0.319 e. The van der Waals surface area contributed by atoms with Crippen molar-refractivity contribution in [3.05, 3.63) is 11.3 Å². The molecule has 0 saturated heterocycles. The normalized spacial score (nSPS) is 11.1. The van der Waals surface area contributed by atoms with E-state index < -0.39 is 0 Å². The Hall–Kier alpha value is -1.01. The Bertz CT molecular complexity index is 336. The first-order valence-corrected chi connectivity index (χ1v) is 4.52. The summed E-state index contributed by atoms with van der Waals surface area (Å²) >= 11 is 1.58. The highest BCUT2D eigenvalue weighted by Crippen LogP contribution is 2.11. The molecule has 0 aliphatic heterocycles. The summed E-state index contributed by atoms with van der Waals surface area (Å²) in [6.07, 6.45) is 2.57. The second-order valence-electron chi connectivity index (χ2n) is 2.41. The molecule has 0 aromatic carbocycles. The lowest BCUT2D eigenvalue weighted by Crippen LogP contribution is -2.10. The average Bonchev–Trinajstić information content (AvgIpc) is 2.58. The van der Waals surface area contributed by atoms with Crippen molar-refractivity contribution >= 4 is 16.3 Å². The lowest BCUT2D eigenvalue weighted by molar-refractivity contribution is 0.770. The first-order chi connectivity index (χ1) is 5.90. The lowest BCUT2D eigenvalue weighted by Gasteiger charge is -1.91. The smallest absolute Gasteiger partial charge is 0.234 e. The molecule has 2 aromatic rings. The maximum absolute atomic E-state index is 4.28. The summed E-state index contributed by atoms with van der Waals surface area (Å²) in [6, 6.07) is 0. The number of likely N-dealkylation sites (N-methyl/N-ethyl adjacent to an activating group) is 1. The van der Waals surface area contributed by atoms with E-state index in [4.69, 9.17) is 0 Å². The van der Waals surface area contributed by atoms with Gasteiger partial charge in [-0.1, -0.05) is 11.3 Å². The van der Waals surface area contributed by atoms with Gasteiger partial charge in [0, 0.05) is 13.0 Å². The fourth-order valence-electron chi connectivity index (χ4n) is 0.934. The second kappa shape index (κ2) is 3.16. The molecule has 6 heteroatoms. The van der Waals surface area contributed by atoms with Gasteiger partial charge in [-0.05, 0) is 7.05 Å². The van der Waals surface area contributed by atoms with E-state index in [0.29, 0.717) is 0 Å². The van der Waals surface area contributed by atoms with Gasteiger partial charge in [0.05, 0.1) is 0 Å². The maximum atomic E-state index is 4.28. The Balaban J connectivity index is 2.21. The molecule has 12 heavy (non-hydrogen) atoms. The van der Waals surface area contributed by atoms with Crippen molar-refractivity contribution in [3.8, 4) is 0 Å². The molecule has 0 radical (unpaired) electrons. The summed E-state index contributed by atoms with van der Waals surface area (Å²) in [5.41, 5.74) is 0. The molecule has 0 aliphatic carbocycles. The van der Waals surface area contributed by atoms with Gasteiger partial charge in [-0.25, -0.2) is 0 Å². The van der Waals surface area contributed by atoms with Crippen LogP contribution >= 0.6 is 11.3 Å². The molecule has 0 fully saturated rings. The SMILES string of the molecule is CNCCc1nn2cnnc2s1. The predicted octanol–water partition coefficient (Wildman–Crippen LogP) is -0.0523. The highest BCUT2D eigenvalue weighted by atomic mass is 32.1. The first kappa shape index (κ1) is 7.63. The Morgan fingerprint density at radius 3 is 3.33 bits per heavy atom. The summed E-state index contributed by atoms with van der Waals surface area (Å²) in [5, 5.41) is 16.1. The standard InChI is InChI=1S/C6H9N5S/c1-7-3-2-5-10-11-4-8-9-6(11)12-5/h4,7H,2-3H2,1H3. The molecule has 5 nitrogen and oxygen atoms in total. The van der Waals surface area contributed by atoms with Gasteiger partial charge in [-0.15, -0.1) is 10.2 Å². The predicted molar refractivity (Wildman–Crippen MR) is 46.3 cm³/mol. The van der Waals surface area contributed by atoms with Gasteiger partial charge in [-0.2, -0.15) is 9.61 Å². The molecular formula is C6H9N5S. The average molecular weight is 183 g/mol. The third kappa shape index (κ3) is 1.30. The molecule has 0 spiro atoms. The minimum atomic E-state index is 0.862. The van der Waals surface area contributed by atoms with Crippen LogP contribution in [0, 0.1) is 0 Å². The molecule has 2 heterocycles. The van der Waals surface area contributed by atoms with Crippen LogP contribution in [-0.2, 0) is 6.42 Å². The van der Waals surface area contributed by atoms with E-state index in [1.54, 1.807) is 22.2 Å². The number of nitrogens with one attached hydrogen (secondary N) is 1. The molecule has 0 bridgehead atoms. The van der Waals surface area contributed by atoms with Crippen LogP contribution in [-0.4, -0.2) is 33.4 Å². The van der Waals surface area contributed by atoms with E-state index in [1.165, 1.54) is 0 Å². The highest BCUT2D eigenvalue weighted by Gasteiger charge is 2.03. The molecular weight excluding hydrogens is 174 g/mol. The number of rotatable bonds is 3. The van der Waals surface area contributed by atoms with Gasteiger partial charge in [0.1, 0.15) is 11.3 Å². The number of hydrogen-bond acceptors (Lipinski definition) is 5. The van der Waals surface area contributed by atoms with Gasteiger partial charge in [0.15, 0.2) is 0 Å². The summed E-state index contributed by atoms with van der Waals surface area (Å²) in [6.45, 7) is 0.949. The molecule has 64 valence electrons. The molecule has 0 amide bonds. The van der Waals surface area contributed by atoms with Gasteiger partial charge in [-0.3, -0.25) is 0 Å². The molecule has 2 aromatic heterocycles. The van der Waals surface area contributed by atoms with Crippen molar-refractivity contribution in [3.63, 3.8) is 0 Å². The van der Waals surface area contributed by atoms with Gasteiger partial charge < -0.3 is 5.32 Å². The zero-order valence-corrected chi connectivity index (χ0v) is 7.51. The van der Waals surface area contributed by atoms with Crippen LogP contribution in [0.25, 0.3) is 4.96 Å². The summed E-state index contributed by atoms with van der Waals surface area (Å²) in [7, 11) is 1.93. The molecule has 2 rings (SSSR count). The molecule has 0 unspecified atom stereocenters. The van der Waals surface area contributed by atoms with E-state index in [-0.39, 0.29) is 0 Å². The summed E-state index contributed by atoms with van der Waals surface area (Å²) in [5.74, 6) is 0. The highest BCUT2D eigenvalue weighted by molar-refractivity contribution is 7.16. The van der Waals surface area contributed by atoms with Crippen molar-refractivity contribution in [2.45, 2.75) is 6.42 Å². The Morgan fingerprint density at radius 2 is 2.58 bits per heavy atom. The van der Waals surface area contributed by atoms with Crippen molar-refractivity contribution in [2.75, 3.05) is 13.6 Å². The monoisotopic (exact) mass is 183 g/mol. The van der Waals surface area contributed by atoms with Crippen molar-refractivity contribution in [1.29, 1.82) is 0 Å². The van der Waals surface area contributed by atoms with Gasteiger partial charge in [0.2, 0.25) is 4.96 Å². The van der Waals surface area contributed by atoms with Crippen LogP contribution in [0.4, 0.5) is 0 Å². The third-order valence-electron chi connectivity index (χ3n) is 1.52. The van der Waals surface area contributed by atoms with Crippen LogP contribution in [0.1, 0.15) is 5.01 Å². The zero-order valence-electron chi connectivity index (χ0n) is 6.69. The maximum Gasteiger partial charge on any atom is 0.234 e. The van der Waals surface area contributed by atoms with E-state index in [9.17, 15) is 0 Å². The van der Waals surface area contributed by atoms with Crippen LogP contribution in [0.2, 0.25) is 0 Å². The van der Waals surface area contributed by atoms with Crippen LogP contribution < -0.4 is 5.32 Å². The van der Waals surface area contributed by atoms with Crippen molar-refractivity contribution < 1.29 is 0 Å². The van der Waals surface area contributed by atoms with Crippen LogP contribution in [0.15, 0.2) is 6.33 Å². The number of aromatic nitrogens is 4.